The highest BCUT2D eigenvalue weighted by atomic mass is 127. The smallest absolute Gasteiger partial charge is 0.161 e. The number of aliphatic hydroxyl groups excluding tert-OH is 4. The first kappa shape index (κ1) is 79.6. The zero-order chi connectivity index (χ0) is 75.4. The van der Waals surface area contributed by atoms with Crippen molar-refractivity contribution in [1.82, 2.24) is 0 Å². The van der Waals surface area contributed by atoms with Gasteiger partial charge in [0.05, 0.1) is 99.1 Å². The zero-order valence-electron chi connectivity index (χ0n) is 62.8. The molecule has 2 fully saturated rings. The first-order valence-electron chi connectivity index (χ1n) is 34.7. The van der Waals surface area contributed by atoms with E-state index in [4.69, 9.17) is 75.8 Å². The number of hydrogen-bond acceptors (Lipinski definition) is 20. The van der Waals surface area contributed by atoms with Crippen molar-refractivity contribution in [2.24, 2.45) is 23.7 Å². The summed E-state index contributed by atoms with van der Waals surface area (Å²) in [5.41, 5.74) is 7.55. The van der Waals surface area contributed by atoms with Gasteiger partial charge in [-0.2, -0.15) is 0 Å². The van der Waals surface area contributed by atoms with E-state index in [9.17, 15) is 20.4 Å². The first-order valence-corrected chi connectivity index (χ1v) is 35.8. The molecule has 0 bridgehead atoms. The molecule has 0 amide bonds. The number of halogens is 1. The molecule has 16 atom stereocenters. The molecule has 4 unspecified atom stereocenters. The van der Waals surface area contributed by atoms with Crippen molar-refractivity contribution < 1.29 is 96.2 Å². The molecule has 0 aliphatic carbocycles. The van der Waals surface area contributed by atoms with Crippen LogP contribution in [0.1, 0.15) is 154 Å². The number of methoxy groups -OCH3 is 10. The summed E-state index contributed by atoms with van der Waals surface area (Å²) in [6.07, 6.45) is -6.66. The van der Waals surface area contributed by atoms with Gasteiger partial charge in [0, 0.05) is 0 Å². The fourth-order valence-electron chi connectivity index (χ4n) is 13.4. The van der Waals surface area contributed by atoms with Gasteiger partial charge in [-0.25, -0.2) is 0 Å². The molecular formula is C83H101IO20. The van der Waals surface area contributed by atoms with Crippen LogP contribution in [0.15, 0.2) is 146 Å². The number of ether oxygens (including phenoxy) is 16. The molecule has 0 spiro atoms. The van der Waals surface area contributed by atoms with Gasteiger partial charge in [0.15, 0.2) is 69.0 Å². The van der Waals surface area contributed by atoms with E-state index in [2.05, 4.69) is 50.3 Å². The SMILES string of the molecule is COc1ccc([C@@H](O)[C@@H](C)Oc2ccc(C3OC(c4ccc(O[C@H](C)[C@H](O)c5ccc(OC)c(OC)c5)c(OC)c4)[C@@H](C)[C@H]3C)cc2OC)cc1C.COc1ccc([C@@H](O)[C@@H](C)Oc2ccc(C3OC(c4ccc(O[C@H](C)[C@H](O)c5ccc(OC)c(OC)c5)c(OC)c4)[C@H](C)[C@H]3C)cc2OC)cc1I. The Hall–Kier alpha value is -8.55. The third-order valence-electron chi connectivity index (χ3n) is 20.0. The Morgan fingerprint density at radius 2 is 0.500 bits per heavy atom. The topological polar surface area (TPSA) is 229 Å². The molecule has 8 aromatic rings. The van der Waals surface area contributed by atoms with Crippen molar-refractivity contribution >= 4 is 22.6 Å². The lowest BCUT2D eigenvalue weighted by Crippen LogP contribution is -2.22. The minimum Gasteiger partial charge on any atom is -0.496 e. The second-order valence-electron chi connectivity index (χ2n) is 26.5. The van der Waals surface area contributed by atoms with E-state index in [0.29, 0.717) is 80.1 Å². The highest BCUT2D eigenvalue weighted by Crippen LogP contribution is 2.53. The van der Waals surface area contributed by atoms with Gasteiger partial charge in [0.1, 0.15) is 60.3 Å². The van der Waals surface area contributed by atoms with Gasteiger partial charge < -0.3 is 96.2 Å². The highest BCUT2D eigenvalue weighted by molar-refractivity contribution is 14.1. The second-order valence-corrected chi connectivity index (χ2v) is 27.6. The third kappa shape index (κ3) is 17.9. The number of benzene rings is 8. The predicted molar refractivity (Wildman–Crippen MR) is 404 cm³/mol. The maximum Gasteiger partial charge on any atom is 0.161 e. The standard InChI is InChI=1S/C42H52O10.C41H49IO10/c1-23-19-28(11-15-32(23)45-6)39(43)26(4)50-34-17-13-30(21-37(34)48-9)41-24(2)25(3)42(52-41)31-14-18-35(38(22-31)49-10)51-27(5)40(44)29-12-16-33(46-7)36(20-29)47-8;1-22-23(2)41(29-13-17-34(37(21-29)49-9)51-25(4)39(44)27-11-15-32(46-6)35(19-27)47-7)52-40(22)28-12-16-33(36(20-28)48-8)50-24(3)38(43)26-10-14-31(45-5)30(42)18-26/h11-22,24-27,39-44H,1-10H3;10-25,38-41,43-44H,1-9H3/t24-,25+,26-,27-,39+,40+,41?,42?;22-,23-,24-,25-,38+,39+,40?,41?/m11/s1. The zero-order valence-corrected chi connectivity index (χ0v) is 65.0. The van der Waals surface area contributed by atoms with Crippen molar-refractivity contribution in [3.8, 4) is 80.5 Å². The molecule has 2 saturated heterocycles. The molecule has 8 aromatic carbocycles. The van der Waals surface area contributed by atoms with Crippen LogP contribution in [-0.4, -0.2) is 116 Å². The highest BCUT2D eigenvalue weighted by Gasteiger charge is 2.43. The summed E-state index contributed by atoms with van der Waals surface area (Å²) in [6.45, 7) is 18.0. The number of aliphatic hydroxyl groups is 4. The molecule has 10 rings (SSSR count). The Bertz CT molecular complexity index is 3890. The van der Waals surface area contributed by atoms with Crippen LogP contribution in [0.4, 0.5) is 0 Å². The molecule has 20 nitrogen and oxygen atoms in total. The lowest BCUT2D eigenvalue weighted by Gasteiger charge is -2.24. The number of aryl methyl sites for hydroxylation is 1. The quantitative estimate of drug-likeness (QED) is 0.0307. The van der Waals surface area contributed by atoms with Gasteiger partial charge in [0.25, 0.3) is 0 Å². The van der Waals surface area contributed by atoms with Crippen molar-refractivity contribution in [3.63, 3.8) is 0 Å². The van der Waals surface area contributed by atoms with E-state index in [-0.39, 0.29) is 48.1 Å². The summed E-state index contributed by atoms with van der Waals surface area (Å²) < 4.78 is 94.5. The van der Waals surface area contributed by atoms with Crippen LogP contribution in [0.25, 0.3) is 0 Å². The van der Waals surface area contributed by atoms with Crippen LogP contribution in [0.2, 0.25) is 0 Å². The molecule has 0 saturated carbocycles. The Balaban J connectivity index is 0.000000241. The summed E-state index contributed by atoms with van der Waals surface area (Å²) in [6, 6.07) is 44.9. The van der Waals surface area contributed by atoms with E-state index in [1.54, 1.807) is 121 Å². The van der Waals surface area contributed by atoms with E-state index >= 15 is 0 Å². The minimum atomic E-state index is -0.927. The molecule has 0 radical (unpaired) electrons. The van der Waals surface area contributed by atoms with Crippen molar-refractivity contribution in [2.75, 3.05) is 71.1 Å². The lowest BCUT2D eigenvalue weighted by atomic mass is 9.85. The van der Waals surface area contributed by atoms with Crippen LogP contribution < -0.4 is 66.3 Å². The summed E-state index contributed by atoms with van der Waals surface area (Å²) in [5, 5.41) is 44.4. The van der Waals surface area contributed by atoms with E-state index in [0.717, 1.165) is 54.0 Å². The van der Waals surface area contributed by atoms with Crippen LogP contribution in [0.3, 0.4) is 0 Å². The van der Waals surface area contributed by atoms with Gasteiger partial charge in [-0.05, 0) is 228 Å². The number of hydrogen-bond donors (Lipinski definition) is 4. The molecule has 0 aromatic heterocycles. The molecule has 104 heavy (non-hydrogen) atoms. The molecule has 560 valence electrons. The Morgan fingerprint density at radius 3 is 0.750 bits per heavy atom. The van der Waals surface area contributed by atoms with Crippen molar-refractivity contribution in [2.45, 2.75) is 136 Å². The normalized spacial score (nSPS) is 20.7. The minimum absolute atomic E-state index is 0.177. The van der Waals surface area contributed by atoms with Crippen LogP contribution in [0.5, 0.6) is 80.5 Å². The summed E-state index contributed by atoms with van der Waals surface area (Å²) in [7, 11) is 15.9. The second kappa shape index (κ2) is 36.0. The fourth-order valence-corrected chi connectivity index (χ4v) is 14.2. The molecular weight excluding hydrogens is 1440 g/mol. The van der Waals surface area contributed by atoms with Crippen LogP contribution in [-0.2, 0) is 9.47 Å². The average Bonchev–Trinajstić information content (AvgIpc) is 1.63. The molecule has 2 heterocycles. The van der Waals surface area contributed by atoms with Crippen LogP contribution >= 0.6 is 22.6 Å². The first-order chi connectivity index (χ1) is 49.9. The van der Waals surface area contributed by atoms with Crippen LogP contribution in [0, 0.1) is 34.2 Å². The maximum absolute atomic E-state index is 11.1. The Morgan fingerprint density at radius 1 is 0.279 bits per heavy atom. The summed E-state index contributed by atoms with van der Waals surface area (Å²) in [5.74, 6) is 8.72. The summed E-state index contributed by atoms with van der Waals surface area (Å²) in [4.78, 5) is 0. The van der Waals surface area contributed by atoms with Gasteiger partial charge >= 0.3 is 0 Å². The molecule has 4 N–H and O–H groups in total. The fraction of sp³-hybridized carbons (Fsp3) is 0.422. The van der Waals surface area contributed by atoms with Gasteiger partial charge in [-0.3, -0.25) is 0 Å². The van der Waals surface area contributed by atoms with Crippen molar-refractivity contribution in [1.29, 1.82) is 0 Å². The Kier molecular flexibility index (Phi) is 27.5. The van der Waals surface area contributed by atoms with Gasteiger partial charge in [-0.1, -0.05) is 76.2 Å². The molecule has 2 aliphatic heterocycles. The number of rotatable bonds is 30. The summed E-state index contributed by atoms with van der Waals surface area (Å²) >= 11 is 2.19. The van der Waals surface area contributed by atoms with E-state index in [1.165, 1.54) is 0 Å². The predicted octanol–water partition coefficient (Wildman–Crippen LogP) is 16.5. The van der Waals surface area contributed by atoms with Gasteiger partial charge in [-0.15, -0.1) is 0 Å². The maximum atomic E-state index is 11.1. The lowest BCUT2D eigenvalue weighted by molar-refractivity contribution is 0.0281. The Labute approximate surface area is 625 Å². The molecule has 2 aliphatic rings. The average molecular weight is 1550 g/mol. The van der Waals surface area contributed by atoms with Crippen molar-refractivity contribution in [3.05, 3.63) is 199 Å². The third-order valence-corrected chi connectivity index (χ3v) is 20.9. The van der Waals surface area contributed by atoms with E-state index in [1.807, 2.05) is 130 Å². The molecule has 21 heteroatoms. The van der Waals surface area contributed by atoms with Gasteiger partial charge in [0.2, 0.25) is 0 Å². The monoisotopic (exact) mass is 1540 g/mol. The van der Waals surface area contributed by atoms with E-state index < -0.39 is 48.8 Å². The largest absolute Gasteiger partial charge is 0.496 e.